The second kappa shape index (κ2) is 5.73. The van der Waals surface area contributed by atoms with Crippen molar-refractivity contribution in [1.29, 1.82) is 0 Å². The number of rotatable bonds is 4. The van der Waals surface area contributed by atoms with E-state index in [1.807, 2.05) is 30.3 Å². The minimum Gasteiger partial charge on any atom is -0.459 e. The zero-order valence-corrected chi connectivity index (χ0v) is 11.3. The molecule has 94 valence electrons. The molecule has 1 aromatic heterocycles. The number of halogens is 1. The van der Waals surface area contributed by atoms with Gasteiger partial charge in [-0.15, -0.1) is 0 Å². The van der Waals surface area contributed by atoms with Gasteiger partial charge in [-0.05, 0) is 12.1 Å². The molecule has 2 rings (SSSR count). The van der Waals surface area contributed by atoms with Gasteiger partial charge in [0.2, 0.25) is 0 Å². The summed E-state index contributed by atoms with van der Waals surface area (Å²) >= 11 is 3.17. The van der Waals surface area contributed by atoms with Crippen LogP contribution in [0.3, 0.4) is 0 Å². The van der Waals surface area contributed by atoms with Crippen LogP contribution in [0.15, 0.2) is 45.8 Å². The first kappa shape index (κ1) is 12.7. The van der Waals surface area contributed by atoms with Crippen LogP contribution in [0.1, 0.15) is 5.76 Å². The molecule has 0 radical (unpaired) electrons. The number of para-hydroxylation sites is 1. The van der Waals surface area contributed by atoms with Crippen molar-refractivity contribution in [1.82, 2.24) is 10.6 Å². The number of amides is 2. The summed E-state index contributed by atoms with van der Waals surface area (Å²) in [6.07, 6.45) is 0. The molecule has 0 fully saturated rings. The third-order valence-corrected chi connectivity index (χ3v) is 2.62. The Morgan fingerprint density at radius 1 is 1.33 bits per heavy atom. The quantitative estimate of drug-likeness (QED) is 0.911. The Balaban J connectivity index is 1.90. The largest absolute Gasteiger partial charge is 0.459 e. The summed E-state index contributed by atoms with van der Waals surface area (Å²) in [5.41, 5.74) is 0.823. The van der Waals surface area contributed by atoms with Crippen LogP contribution < -0.4 is 10.6 Å². The van der Waals surface area contributed by atoms with Crippen molar-refractivity contribution >= 4 is 32.9 Å². The fourth-order valence-corrected chi connectivity index (χ4v) is 1.67. The number of furan rings is 1. The summed E-state index contributed by atoms with van der Waals surface area (Å²) in [6, 6.07) is 9.39. The minimum atomic E-state index is -0.254. The molecular formula is C13H13BrN2O2. The van der Waals surface area contributed by atoms with Crippen LogP contribution in [0.25, 0.3) is 11.0 Å². The van der Waals surface area contributed by atoms with Gasteiger partial charge in [0.15, 0.2) is 0 Å². The van der Waals surface area contributed by atoms with Gasteiger partial charge in [0.25, 0.3) is 0 Å². The lowest BCUT2D eigenvalue weighted by Crippen LogP contribution is -2.35. The summed E-state index contributed by atoms with van der Waals surface area (Å²) < 4.78 is 6.30. The van der Waals surface area contributed by atoms with Crippen molar-refractivity contribution in [2.75, 3.05) is 6.54 Å². The van der Waals surface area contributed by atoms with E-state index in [1.165, 1.54) is 0 Å². The molecule has 0 aliphatic carbocycles. The van der Waals surface area contributed by atoms with Crippen LogP contribution in [-0.2, 0) is 6.54 Å². The number of fused-ring (bicyclic) bond motifs is 1. The molecule has 2 amide bonds. The van der Waals surface area contributed by atoms with Crippen molar-refractivity contribution < 1.29 is 9.21 Å². The number of urea groups is 1. The highest BCUT2D eigenvalue weighted by atomic mass is 79.9. The maximum Gasteiger partial charge on any atom is 0.315 e. The van der Waals surface area contributed by atoms with Crippen molar-refractivity contribution in [3.05, 3.63) is 47.2 Å². The SMILES string of the molecule is C=C(Br)CNC(=O)NCc1cc2ccccc2o1. The van der Waals surface area contributed by atoms with Crippen molar-refractivity contribution in [3.8, 4) is 0 Å². The number of hydrogen-bond acceptors (Lipinski definition) is 2. The van der Waals surface area contributed by atoms with Gasteiger partial charge in [-0.2, -0.15) is 0 Å². The Morgan fingerprint density at radius 2 is 2.11 bits per heavy atom. The van der Waals surface area contributed by atoms with Gasteiger partial charge in [0.1, 0.15) is 11.3 Å². The van der Waals surface area contributed by atoms with Gasteiger partial charge in [-0.3, -0.25) is 0 Å². The lowest BCUT2D eigenvalue weighted by atomic mass is 10.2. The Hall–Kier alpha value is -1.75. The maximum atomic E-state index is 11.4. The molecule has 0 spiro atoms. The Kier molecular flexibility index (Phi) is 4.04. The maximum absolute atomic E-state index is 11.4. The summed E-state index contributed by atoms with van der Waals surface area (Å²) in [5, 5.41) is 6.39. The first-order chi connectivity index (χ1) is 8.65. The number of nitrogens with one attached hydrogen (secondary N) is 2. The molecule has 0 bridgehead atoms. The van der Waals surface area contributed by atoms with Gasteiger partial charge < -0.3 is 15.1 Å². The highest BCUT2D eigenvalue weighted by Gasteiger charge is 2.05. The Bertz CT molecular complexity index is 544. The monoisotopic (exact) mass is 308 g/mol. The molecule has 2 aromatic rings. The minimum absolute atomic E-state index is 0.254. The highest BCUT2D eigenvalue weighted by molar-refractivity contribution is 9.11. The van der Waals surface area contributed by atoms with E-state index >= 15 is 0 Å². The molecule has 2 N–H and O–H groups in total. The highest BCUT2D eigenvalue weighted by Crippen LogP contribution is 2.18. The second-order valence-electron chi connectivity index (χ2n) is 3.80. The molecule has 0 saturated carbocycles. The number of hydrogen-bond donors (Lipinski definition) is 2. The molecule has 18 heavy (non-hydrogen) atoms. The van der Waals surface area contributed by atoms with E-state index in [1.54, 1.807) is 0 Å². The normalized spacial score (nSPS) is 10.3. The molecule has 0 saturated heterocycles. The van der Waals surface area contributed by atoms with Crippen LogP contribution in [0, 0.1) is 0 Å². The third kappa shape index (κ3) is 3.37. The van der Waals surface area contributed by atoms with Gasteiger partial charge in [0, 0.05) is 9.87 Å². The molecule has 1 aromatic carbocycles. The lowest BCUT2D eigenvalue weighted by Gasteiger charge is -2.04. The lowest BCUT2D eigenvalue weighted by molar-refractivity contribution is 0.240. The van der Waals surface area contributed by atoms with Crippen LogP contribution in [0.5, 0.6) is 0 Å². The third-order valence-electron chi connectivity index (χ3n) is 2.34. The van der Waals surface area contributed by atoms with E-state index in [9.17, 15) is 4.79 Å². The van der Waals surface area contributed by atoms with Crippen LogP contribution >= 0.6 is 15.9 Å². The van der Waals surface area contributed by atoms with Gasteiger partial charge in [-0.25, -0.2) is 4.79 Å². The fraction of sp³-hybridized carbons (Fsp3) is 0.154. The van der Waals surface area contributed by atoms with E-state index in [-0.39, 0.29) is 6.03 Å². The Labute approximate surface area is 113 Å². The van der Waals surface area contributed by atoms with E-state index in [4.69, 9.17) is 4.42 Å². The topological polar surface area (TPSA) is 54.3 Å². The first-order valence-corrected chi connectivity index (χ1v) is 6.27. The summed E-state index contributed by atoms with van der Waals surface area (Å²) in [7, 11) is 0. The Morgan fingerprint density at radius 3 is 2.83 bits per heavy atom. The fourth-order valence-electron chi connectivity index (χ4n) is 1.53. The molecular weight excluding hydrogens is 296 g/mol. The molecule has 0 aliphatic heterocycles. The van der Waals surface area contributed by atoms with Gasteiger partial charge in [0.05, 0.1) is 13.1 Å². The number of carbonyl (C=O) groups excluding carboxylic acids is 1. The number of carbonyl (C=O) groups is 1. The molecule has 0 aliphatic rings. The first-order valence-electron chi connectivity index (χ1n) is 5.47. The predicted octanol–water partition coefficient (Wildman–Crippen LogP) is 3.14. The van der Waals surface area contributed by atoms with Crippen molar-refractivity contribution in [2.24, 2.45) is 0 Å². The zero-order chi connectivity index (χ0) is 13.0. The molecule has 0 atom stereocenters. The smallest absolute Gasteiger partial charge is 0.315 e. The standard InChI is InChI=1S/C13H13BrN2O2/c1-9(14)7-15-13(17)16-8-11-6-10-4-2-3-5-12(10)18-11/h2-6H,1,7-8H2,(H2,15,16,17). The van der Waals surface area contributed by atoms with E-state index in [0.29, 0.717) is 13.1 Å². The van der Waals surface area contributed by atoms with Crippen LogP contribution in [0.4, 0.5) is 4.79 Å². The molecule has 0 unspecified atom stereocenters. The zero-order valence-electron chi connectivity index (χ0n) is 9.70. The summed E-state index contributed by atoms with van der Waals surface area (Å²) in [5.74, 6) is 0.726. The van der Waals surface area contributed by atoms with Crippen LogP contribution in [-0.4, -0.2) is 12.6 Å². The summed E-state index contributed by atoms with van der Waals surface area (Å²) in [6.45, 7) is 4.38. The van der Waals surface area contributed by atoms with Crippen molar-refractivity contribution in [3.63, 3.8) is 0 Å². The van der Waals surface area contributed by atoms with Gasteiger partial charge in [-0.1, -0.05) is 40.7 Å². The van der Waals surface area contributed by atoms with Crippen molar-refractivity contribution in [2.45, 2.75) is 6.54 Å². The van der Waals surface area contributed by atoms with E-state index in [2.05, 4.69) is 33.1 Å². The molecule has 4 nitrogen and oxygen atoms in total. The average Bonchev–Trinajstić information content (AvgIpc) is 2.76. The second-order valence-corrected chi connectivity index (χ2v) is 4.93. The van der Waals surface area contributed by atoms with Crippen LogP contribution in [0.2, 0.25) is 0 Å². The molecule has 5 heteroatoms. The molecule has 1 heterocycles. The average molecular weight is 309 g/mol. The summed E-state index contributed by atoms with van der Waals surface area (Å²) in [4.78, 5) is 11.4. The van der Waals surface area contributed by atoms with E-state index in [0.717, 1.165) is 21.2 Å². The number of benzene rings is 1. The van der Waals surface area contributed by atoms with Gasteiger partial charge >= 0.3 is 6.03 Å². The predicted molar refractivity (Wildman–Crippen MR) is 74.5 cm³/mol. The van der Waals surface area contributed by atoms with E-state index < -0.39 is 0 Å².